The van der Waals surface area contributed by atoms with Gasteiger partial charge in [0, 0.05) is 24.4 Å². The zero-order valence-electron chi connectivity index (χ0n) is 22.9. The standard InChI is InChI=1S/C33H37NO3.Na/c1-3-4-9-26-14-16-27(17-15-26)12-8-23-34-25(2)13-22-31(34)29-18-20-30(21-19-29)37-32(33(35)36)24-28-10-6-5-7-11-28;/h5-7,10-11,13-22,32H,3-4,8-9,12,23-24H2,1-2H3,(H,35,36);/q;+1/p-1/t32-;/m1./s1. The Morgan fingerprint density at radius 2 is 1.45 bits per heavy atom. The Morgan fingerprint density at radius 3 is 2.05 bits per heavy atom. The van der Waals surface area contributed by atoms with Crippen LogP contribution in [0.15, 0.2) is 91.0 Å². The summed E-state index contributed by atoms with van der Waals surface area (Å²) in [6.07, 6.45) is 4.95. The van der Waals surface area contributed by atoms with E-state index in [-0.39, 0.29) is 36.0 Å². The minimum atomic E-state index is -1.21. The summed E-state index contributed by atoms with van der Waals surface area (Å²) >= 11 is 0. The average molecular weight is 518 g/mol. The first kappa shape index (κ1) is 29.8. The van der Waals surface area contributed by atoms with Crippen LogP contribution in [0.4, 0.5) is 0 Å². The van der Waals surface area contributed by atoms with Crippen LogP contribution in [0.5, 0.6) is 5.75 Å². The number of carbonyl (C=O) groups is 1. The summed E-state index contributed by atoms with van der Waals surface area (Å²) < 4.78 is 8.13. The fourth-order valence-electron chi connectivity index (χ4n) is 4.68. The number of ether oxygens (including phenoxy) is 1. The molecular formula is C33H36NNaO3. The molecule has 0 fully saturated rings. The zero-order valence-corrected chi connectivity index (χ0v) is 24.9. The Morgan fingerprint density at radius 1 is 0.816 bits per heavy atom. The molecule has 4 aromatic rings. The summed E-state index contributed by atoms with van der Waals surface area (Å²) in [4.78, 5) is 11.7. The molecule has 0 spiro atoms. The van der Waals surface area contributed by atoms with Gasteiger partial charge in [0.05, 0.1) is 5.97 Å². The Kier molecular flexibility index (Phi) is 11.7. The van der Waals surface area contributed by atoms with Crippen molar-refractivity contribution in [2.75, 3.05) is 0 Å². The van der Waals surface area contributed by atoms with Gasteiger partial charge in [0.15, 0.2) is 0 Å². The van der Waals surface area contributed by atoms with Crippen molar-refractivity contribution in [3.63, 3.8) is 0 Å². The molecule has 0 radical (unpaired) electrons. The predicted molar refractivity (Wildman–Crippen MR) is 148 cm³/mol. The quantitative estimate of drug-likeness (QED) is 0.256. The van der Waals surface area contributed by atoms with Crippen molar-refractivity contribution < 1.29 is 44.2 Å². The third-order valence-electron chi connectivity index (χ3n) is 6.84. The van der Waals surface area contributed by atoms with Crippen LogP contribution in [0.25, 0.3) is 11.3 Å². The Labute approximate surface area is 249 Å². The molecule has 1 atom stereocenters. The molecular weight excluding hydrogens is 481 g/mol. The van der Waals surface area contributed by atoms with E-state index in [0.717, 1.165) is 42.6 Å². The van der Waals surface area contributed by atoms with E-state index in [1.165, 1.54) is 29.7 Å². The molecule has 4 nitrogen and oxygen atoms in total. The molecule has 0 aliphatic rings. The summed E-state index contributed by atoms with van der Waals surface area (Å²) in [6, 6.07) is 30.5. The van der Waals surface area contributed by atoms with Crippen molar-refractivity contribution in [2.45, 2.75) is 65.0 Å². The minimum Gasteiger partial charge on any atom is -0.546 e. The van der Waals surface area contributed by atoms with Gasteiger partial charge in [-0.2, -0.15) is 0 Å². The van der Waals surface area contributed by atoms with Gasteiger partial charge >= 0.3 is 29.6 Å². The van der Waals surface area contributed by atoms with Crippen LogP contribution in [0, 0.1) is 6.92 Å². The van der Waals surface area contributed by atoms with Gasteiger partial charge in [-0.05, 0) is 91.3 Å². The van der Waals surface area contributed by atoms with E-state index < -0.39 is 12.1 Å². The average Bonchev–Trinajstić information content (AvgIpc) is 3.29. The molecule has 1 heterocycles. The minimum absolute atomic E-state index is 0. The van der Waals surface area contributed by atoms with Crippen molar-refractivity contribution in [1.29, 1.82) is 0 Å². The number of aryl methyl sites for hydroxylation is 3. The Bertz CT molecular complexity index is 1260. The first-order valence-corrected chi connectivity index (χ1v) is 13.3. The number of hydrogen-bond donors (Lipinski definition) is 0. The van der Waals surface area contributed by atoms with E-state index in [1.807, 2.05) is 54.6 Å². The second-order valence-electron chi connectivity index (χ2n) is 9.67. The van der Waals surface area contributed by atoms with E-state index >= 15 is 0 Å². The molecule has 5 heteroatoms. The molecule has 0 saturated carbocycles. The van der Waals surface area contributed by atoms with Crippen LogP contribution in [-0.2, 0) is 30.6 Å². The molecule has 4 rings (SSSR count). The van der Waals surface area contributed by atoms with Crippen LogP contribution in [-0.4, -0.2) is 16.6 Å². The van der Waals surface area contributed by atoms with Crippen molar-refractivity contribution in [1.82, 2.24) is 4.57 Å². The summed E-state index contributed by atoms with van der Waals surface area (Å²) in [5, 5.41) is 11.7. The second-order valence-corrected chi connectivity index (χ2v) is 9.67. The van der Waals surface area contributed by atoms with Crippen molar-refractivity contribution >= 4 is 5.97 Å². The van der Waals surface area contributed by atoms with E-state index in [2.05, 4.69) is 54.8 Å². The summed E-state index contributed by atoms with van der Waals surface area (Å²) in [5.41, 5.74) is 7.16. The van der Waals surface area contributed by atoms with E-state index in [1.54, 1.807) is 0 Å². The number of unbranched alkanes of at least 4 members (excludes halogenated alkanes) is 1. The Hall–Kier alpha value is -2.79. The molecule has 0 aliphatic carbocycles. The maximum atomic E-state index is 11.7. The molecule has 192 valence electrons. The van der Waals surface area contributed by atoms with E-state index in [9.17, 15) is 9.90 Å². The van der Waals surface area contributed by atoms with Crippen LogP contribution >= 0.6 is 0 Å². The number of rotatable bonds is 13. The number of aromatic nitrogens is 1. The van der Waals surface area contributed by atoms with Crippen molar-refractivity contribution in [3.8, 4) is 17.0 Å². The molecule has 38 heavy (non-hydrogen) atoms. The summed E-state index contributed by atoms with van der Waals surface area (Å²) in [7, 11) is 0. The maximum Gasteiger partial charge on any atom is 1.00 e. The van der Waals surface area contributed by atoms with Crippen LogP contribution in [0.2, 0.25) is 0 Å². The molecule has 0 aliphatic heterocycles. The fourth-order valence-corrected chi connectivity index (χ4v) is 4.68. The molecule has 0 amide bonds. The molecule has 0 saturated heterocycles. The first-order valence-electron chi connectivity index (χ1n) is 13.3. The normalized spacial score (nSPS) is 11.5. The maximum absolute atomic E-state index is 11.7. The van der Waals surface area contributed by atoms with Gasteiger partial charge < -0.3 is 19.2 Å². The molecule has 1 aromatic heterocycles. The number of carboxylic acids is 1. The molecule has 0 unspecified atom stereocenters. The van der Waals surface area contributed by atoms with Gasteiger partial charge in [-0.15, -0.1) is 0 Å². The fraction of sp³-hybridized carbons (Fsp3) is 0.303. The van der Waals surface area contributed by atoms with Crippen LogP contribution in [0.3, 0.4) is 0 Å². The van der Waals surface area contributed by atoms with E-state index in [4.69, 9.17) is 4.74 Å². The van der Waals surface area contributed by atoms with Gasteiger partial charge in [0.25, 0.3) is 0 Å². The Balaban J connectivity index is 0.00000400. The first-order chi connectivity index (χ1) is 18.0. The number of nitrogens with zero attached hydrogens (tertiary/aromatic N) is 1. The topological polar surface area (TPSA) is 54.3 Å². The second kappa shape index (κ2) is 15.0. The zero-order chi connectivity index (χ0) is 26.0. The largest absolute Gasteiger partial charge is 1.00 e. The third kappa shape index (κ3) is 8.36. The van der Waals surface area contributed by atoms with Crippen LogP contribution in [0.1, 0.15) is 48.6 Å². The SMILES string of the molecule is CCCCc1ccc(CCCn2c(C)ccc2-c2ccc(O[C@H](Cc3ccccc3)C(=O)[O-])cc2)cc1.[Na+]. The van der Waals surface area contributed by atoms with E-state index in [0.29, 0.717) is 5.75 Å². The number of carbonyl (C=O) groups excluding carboxylic acids is 1. The molecule has 0 bridgehead atoms. The molecule has 0 N–H and O–H groups in total. The van der Waals surface area contributed by atoms with Gasteiger partial charge in [-0.1, -0.05) is 67.9 Å². The van der Waals surface area contributed by atoms with Gasteiger partial charge in [-0.3, -0.25) is 0 Å². The van der Waals surface area contributed by atoms with Gasteiger partial charge in [-0.25, -0.2) is 0 Å². The summed E-state index contributed by atoms with van der Waals surface area (Å²) in [6.45, 7) is 5.30. The predicted octanol–water partition coefficient (Wildman–Crippen LogP) is 3.18. The summed E-state index contributed by atoms with van der Waals surface area (Å²) in [5.74, 6) is -0.695. The van der Waals surface area contributed by atoms with Gasteiger partial charge in [0.2, 0.25) is 0 Å². The van der Waals surface area contributed by atoms with Crippen molar-refractivity contribution in [2.24, 2.45) is 0 Å². The molecule has 3 aromatic carbocycles. The number of aliphatic carboxylic acids is 1. The van der Waals surface area contributed by atoms with Crippen LogP contribution < -0.4 is 39.4 Å². The monoisotopic (exact) mass is 517 g/mol. The van der Waals surface area contributed by atoms with Crippen molar-refractivity contribution in [3.05, 3.63) is 113 Å². The smallest absolute Gasteiger partial charge is 0.546 e. The third-order valence-corrected chi connectivity index (χ3v) is 6.84. The van der Waals surface area contributed by atoms with Gasteiger partial charge in [0.1, 0.15) is 11.9 Å². The number of benzene rings is 3. The number of carboxylic acid groups (broad SMARTS) is 1. The number of hydrogen-bond acceptors (Lipinski definition) is 3.